The van der Waals surface area contributed by atoms with Crippen molar-refractivity contribution in [1.29, 1.82) is 0 Å². The van der Waals surface area contributed by atoms with Gasteiger partial charge in [0, 0.05) is 37.0 Å². The van der Waals surface area contributed by atoms with Gasteiger partial charge in [-0.15, -0.1) is 0 Å². The lowest BCUT2D eigenvalue weighted by atomic mass is 10.0. The fourth-order valence-electron chi connectivity index (χ4n) is 4.30. The number of nitrogens with two attached hydrogens (primary N) is 3. The van der Waals surface area contributed by atoms with Gasteiger partial charge >= 0.3 is 0 Å². The Morgan fingerprint density at radius 3 is 1.80 bits per heavy atom. The first-order valence-corrected chi connectivity index (χ1v) is 18.7. The number of halogens is 2. The third-order valence-corrected chi connectivity index (χ3v) is 6.95. The molecule has 1 amide bonds. The van der Waals surface area contributed by atoms with Gasteiger partial charge in [-0.25, -0.2) is 8.78 Å². The van der Waals surface area contributed by atoms with Gasteiger partial charge in [-0.2, -0.15) is 0 Å². The molecule has 310 valence electrons. The van der Waals surface area contributed by atoms with Crippen molar-refractivity contribution in [2.75, 3.05) is 20.2 Å². The number of rotatable bonds is 17. The Bertz CT molecular complexity index is 1190. The molecule has 0 radical (unpaired) electrons. The molecule has 2 rings (SSSR count). The second kappa shape index (κ2) is 45.0. The molecule has 0 bridgehead atoms. The fourth-order valence-corrected chi connectivity index (χ4v) is 4.30. The molecule has 54 heavy (non-hydrogen) atoms. The maximum Gasteiger partial charge on any atom is 0.210 e. The van der Waals surface area contributed by atoms with Gasteiger partial charge < -0.3 is 36.7 Å². The van der Waals surface area contributed by atoms with Crippen molar-refractivity contribution in [2.45, 2.75) is 119 Å². The molecule has 0 spiro atoms. The van der Waals surface area contributed by atoms with Gasteiger partial charge in [0.1, 0.15) is 18.4 Å². The number of carbonyl (C=O) groups excluding carboxylic acids is 3. The number of carbonyl (C=O) groups is 3. The van der Waals surface area contributed by atoms with E-state index in [4.69, 9.17) is 22.0 Å². The number of nitrogens with zero attached hydrogens (tertiary/aromatic N) is 1. The molecule has 0 aliphatic heterocycles. The van der Waals surface area contributed by atoms with Gasteiger partial charge in [-0.3, -0.25) is 9.59 Å². The zero-order chi connectivity index (χ0) is 42.7. The average Bonchev–Trinajstić information content (AvgIpc) is 3.18. The van der Waals surface area contributed by atoms with E-state index in [1.807, 2.05) is 51.8 Å². The number of aryl methyl sites for hydroxylation is 1. The van der Waals surface area contributed by atoms with E-state index in [2.05, 4.69) is 45.9 Å². The van der Waals surface area contributed by atoms with E-state index in [0.717, 1.165) is 36.9 Å². The summed E-state index contributed by atoms with van der Waals surface area (Å²) in [5.41, 5.74) is 19.0. The lowest BCUT2D eigenvalue weighted by molar-refractivity contribution is -0.120. The first-order chi connectivity index (χ1) is 25.9. The summed E-state index contributed by atoms with van der Waals surface area (Å²) in [5.74, 6) is -0.413. The summed E-state index contributed by atoms with van der Waals surface area (Å²) in [6.07, 6.45) is 14.0. The summed E-state index contributed by atoms with van der Waals surface area (Å²) in [6.45, 7) is 23.3. The Labute approximate surface area is 326 Å². The lowest BCUT2D eigenvalue weighted by Crippen LogP contribution is -2.44. The first-order valence-electron chi connectivity index (χ1n) is 18.7. The third-order valence-electron chi connectivity index (χ3n) is 6.95. The van der Waals surface area contributed by atoms with Crippen LogP contribution in [0.4, 0.5) is 8.78 Å². The molecule has 11 heteroatoms. The van der Waals surface area contributed by atoms with Crippen LogP contribution >= 0.6 is 0 Å². The van der Waals surface area contributed by atoms with Gasteiger partial charge in [0.2, 0.25) is 6.41 Å². The van der Waals surface area contributed by atoms with E-state index in [1.165, 1.54) is 60.7 Å². The predicted molar refractivity (Wildman–Crippen MR) is 223 cm³/mol. The molecule has 0 saturated heterocycles. The van der Waals surface area contributed by atoms with Crippen LogP contribution in [0.25, 0.3) is 0 Å². The summed E-state index contributed by atoms with van der Waals surface area (Å²) < 4.78 is 30.8. The summed E-state index contributed by atoms with van der Waals surface area (Å²) in [5, 5.41) is 10.3. The van der Waals surface area contributed by atoms with Crippen LogP contribution in [0, 0.1) is 17.6 Å². The summed E-state index contributed by atoms with van der Waals surface area (Å²) in [6, 6.07) is 10.3. The van der Waals surface area contributed by atoms with E-state index < -0.39 is 23.8 Å². The standard InChI is InChI=1S/C20H24F2N2O2.C8H18.C6H9NO.C3H9N.C3H6O.C2H6.CH2O/c1-2-14-4-3-5-15(6-14)11-24(13-25)12-20(26)19(23)9-16-7-17(21)10-18(22)8-16;1-4-6-8(3)7-5-2;1-2-3-6(4-7)5-8;1-2-3-4;1-3-4-2;2*1-2/h3-8,10,13,19-20,26H,2,9,11-12,23H2,1H3;8H,4-7H2,1-3H3;2-5H,7H2,1H3;2-4H2,1H3;3H,1H2,2H3;1-2H3;1H2/b;;3-2-,6-4+;;;;/t19-,20+;;;;;;/m0....../s1. The Morgan fingerprint density at radius 1 is 0.944 bits per heavy atom. The summed E-state index contributed by atoms with van der Waals surface area (Å²) >= 11 is 0. The van der Waals surface area contributed by atoms with Crippen LogP contribution in [0.15, 0.2) is 79.2 Å². The van der Waals surface area contributed by atoms with E-state index in [-0.39, 0.29) is 13.0 Å². The van der Waals surface area contributed by atoms with Crippen molar-refractivity contribution in [3.8, 4) is 0 Å². The summed E-state index contributed by atoms with van der Waals surface area (Å²) in [7, 11) is 1.56. The molecular weight excluding hydrogens is 690 g/mol. The van der Waals surface area contributed by atoms with E-state index in [1.54, 1.807) is 19.3 Å². The molecule has 0 fully saturated rings. The molecule has 2 aromatic carbocycles. The first kappa shape index (κ1) is 59.1. The predicted octanol–water partition coefficient (Wildman–Crippen LogP) is 8.22. The van der Waals surface area contributed by atoms with Crippen molar-refractivity contribution in [3.05, 3.63) is 108 Å². The minimum Gasteiger partial charge on any atom is -0.505 e. The van der Waals surface area contributed by atoms with E-state index in [9.17, 15) is 23.5 Å². The molecule has 0 heterocycles. The largest absolute Gasteiger partial charge is 0.505 e. The van der Waals surface area contributed by atoms with Crippen molar-refractivity contribution >= 4 is 19.5 Å². The Morgan fingerprint density at radius 2 is 1.44 bits per heavy atom. The highest BCUT2D eigenvalue weighted by Crippen LogP contribution is 2.13. The SMILES string of the molecule is C/C=C\C(C=O)=C/N.C=COC.C=O.CC.CCCC(C)CCC.CCCN.CCc1cccc(CN(C=O)C[C@@H](O)[C@@H](N)Cc2cc(F)cc(F)c2)c1. The molecular formula is C43H74F2N4O5. The van der Waals surface area contributed by atoms with Crippen LogP contribution in [-0.2, 0) is 38.5 Å². The highest BCUT2D eigenvalue weighted by Gasteiger charge is 2.19. The third kappa shape index (κ3) is 37.6. The van der Waals surface area contributed by atoms with Crippen molar-refractivity contribution in [1.82, 2.24) is 4.90 Å². The quantitative estimate of drug-likeness (QED) is 0.0542. The van der Waals surface area contributed by atoms with Gasteiger partial charge in [-0.1, -0.05) is 117 Å². The number of methoxy groups -OCH3 is 1. The van der Waals surface area contributed by atoms with Gasteiger partial charge in [-0.05, 0) is 67.5 Å². The number of allylic oxidation sites excluding steroid dienone is 3. The summed E-state index contributed by atoms with van der Waals surface area (Å²) in [4.78, 5) is 30.7. The topological polar surface area (TPSA) is 162 Å². The Balaban J connectivity index is -0.000000233. The molecule has 2 atom stereocenters. The van der Waals surface area contributed by atoms with Crippen LogP contribution in [0.3, 0.4) is 0 Å². The monoisotopic (exact) mass is 765 g/mol. The lowest BCUT2D eigenvalue weighted by Gasteiger charge is -2.25. The van der Waals surface area contributed by atoms with Crippen LogP contribution in [-0.4, -0.2) is 61.8 Å². The molecule has 0 aliphatic rings. The number of hydrogen-bond acceptors (Lipinski definition) is 8. The zero-order valence-electron chi connectivity index (χ0n) is 34.7. The average molecular weight is 765 g/mol. The molecule has 7 N–H and O–H groups in total. The number of aliphatic hydroxyl groups is 1. The highest BCUT2D eigenvalue weighted by molar-refractivity contribution is 5.77. The van der Waals surface area contributed by atoms with Crippen LogP contribution < -0.4 is 17.2 Å². The molecule has 0 aliphatic carbocycles. The second-order valence-electron chi connectivity index (χ2n) is 11.6. The van der Waals surface area contributed by atoms with Crippen molar-refractivity contribution in [3.63, 3.8) is 0 Å². The second-order valence-corrected chi connectivity index (χ2v) is 11.6. The normalized spacial score (nSPS) is 10.9. The van der Waals surface area contributed by atoms with Gasteiger partial charge in [0.25, 0.3) is 0 Å². The molecule has 0 aromatic heterocycles. The van der Waals surface area contributed by atoms with Crippen LogP contribution in [0.1, 0.15) is 104 Å². The number of aldehydes is 1. The van der Waals surface area contributed by atoms with Crippen LogP contribution in [0.2, 0.25) is 0 Å². The minimum atomic E-state index is -1.01. The van der Waals surface area contributed by atoms with Crippen molar-refractivity contribution < 1.29 is 33.0 Å². The fraction of sp³-hybridized carbons (Fsp3) is 0.512. The zero-order valence-corrected chi connectivity index (χ0v) is 34.7. The number of benzene rings is 2. The van der Waals surface area contributed by atoms with Crippen molar-refractivity contribution in [2.24, 2.45) is 23.1 Å². The van der Waals surface area contributed by atoms with Gasteiger partial charge in [0.15, 0.2) is 6.29 Å². The van der Waals surface area contributed by atoms with E-state index >= 15 is 0 Å². The minimum absolute atomic E-state index is 0.0405. The Kier molecular flexibility index (Phi) is 49.2. The number of aliphatic hydroxyl groups excluding tert-OH is 1. The molecule has 0 unspecified atom stereocenters. The van der Waals surface area contributed by atoms with Gasteiger partial charge in [0.05, 0.1) is 19.5 Å². The number of hydrogen-bond donors (Lipinski definition) is 4. The Hall–Kier alpha value is -4.19. The van der Waals surface area contributed by atoms with Crippen LogP contribution in [0.5, 0.6) is 0 Å². The van der Waals surface area contributed by atoms with E-state index in [0.29, 0.717) is 30.4 Å². The maximum atomic E-state index is 13.3. The smallest absolute Gasteiger partial charge is 0.210 e. The highest BCUT2D eigenvalue weighted by atomic mass is 19.1. The molecule has 9 nitrogen and oxygen atoms in total. The molecule has 2 aromatic rings. The maximum absolute atomic E-state index is 13.3. The molecule has 0 saturated carbocycles. The number of ether oxygens (including phenoxy) is 1. The number of amides is 1.